The number of hydrogen-bond acceptors (Lipinski definition) is 2. The Labute approximate surface area is 230 Å². The summed E-state index contributed by atoms with van der Waals surface area (Å²) >= 11 is 0. The van der Waals surface area contributed by atoms with Crippen LogP contribution in [0.15, 0.2) is 127 Å². The Hall–Kier alpha value is -4.56. The zero-order valence-electron chi connectivity index (χ0n) is 22.4. The summed E-state index contributed by atoms with van der Waals surface area (Å²) in [5.74, 6) is 0.736. The molecule has 0 fully saturated rings. The number of hydrogen-bond donors (Lipinski definition) is 0. The van der Waals surface area contributed by atoms with E-state index in [1.807, 2.05) is 12.1 Å². The number of rotatable bonds is 4. The van der Waals surface area contributed by atoms with E-state index < -0.39 is 0 Å². The van der Waals surface area contributed by atoms with Crippen molar-refractivity contribution in [3.8, 4) is 45.0 Å². The highest BCUT2D eigenvalue weighted by Crippen LogP contribution is 2.50. The van der Waals surface area contributed by atoms with E-state index in [9.17, 15) is 0 Å². The van der Waals surface area contributed by atoms with Crippen LogP contribution in [0, 0.1) is 0 Å². The van der Waals surface area contributed by atoms with Crippen LogP contribution >= 0.6 is 0 Å². The van der Waals surface area contributed by atoms with Gasteiger partial charge in [-0.3, -0.25) is 0 Å². The summed E-state index contributed by atoms with van der Waals surface area (Å²) in [6.07, 6.45) is 6.94. The monoisotopic (exact) mass is 502 g/mol. The maximum absolute atomic E-state index is 5.04. The van der Waals surface area contributed by atoms with Gasteiger partial charge in [-0.05, 0) is 58.9 Å². The van der Waals surface area contributed by atoms with Crippen molar-refractivity contribution in [3.05, 3.63) is 138 Å². The second kappa shape index (κ2) is 9.32. The first kappa shape index (κ1) is 23.5. The number of allylic oxidation sites excluding steroid dienone is 4. The van der Waals surface area contributed by atoms with Crippen LogP contribution in [0.4, 0.5) is 0 Å². The summed E-state index contributed by atoms with van der Waals surface area (Å²) in [6.45, 7) is 4.74. The van der Waals surface area contributed by atoms with Crippen LogP contribution in [0.1, 0.15) is 37.8 Å². The molecule has 1 heterocycles. The average Bonchev–Trinajstić information content (AvgIpc) is 3.24. The van der Waals surface area contributed by atoms with Crippen molar-refractivity contribution in [1.29, 1.82) is 0 Å². The van der Waals surface area contributed by atoms with E-state index in [0.717, 1.165) is 46.7 Å². The maximum atomic E-state index is 5.04. The summed E-state index contributed by atoms with van der Waals surface area (Å²) in [5.41, 5.74) is 13.3. The van der Waals surface area contributed by atoms with Crippen molar-refractivity contribution in [2.45, 2.75) is 32.1 Å². The van der Waals surface area contributed by atoms with Crippen molar-refractivity contribution in [2.75, 3.05) is 0 Å². The minimum Gasteiger partial charge on any atom is -0.228 e. The van der Waals surface area contributed by atoms with Crippen LogP contribution in [0.25, 0.3) is 50.6 Å². The molecule has 1 aromatic heterocycles. The molecule has 0 N–H and O–H groups in total. The van der Waals surface area contributed by atoms with E-state index in [-0.39, 0.29) is 5.41 Å². The van der Waals surface area contributed by atoms with Gasteiger partial charge in [0.2, 0.25) is 0 Å². The fraction of sp³-hybridized carbons (Fsp3) is 0.135. The van der Waals surface area contributed by atoms with Crippen molar-refractivity contribution in [2.24, 2.45) is 0 Å². The molecule has 2 aliphatic rings. The molecule has 7 rings (SSSR count). The minimum atomic E-state index is 0.0926. The molecule has 2 nitrogen and oxygen atoms in total. The summed E-state index contributed by atoms with van der Waals surface area (Å²) < 4.78 is 0. The fourth-order valence-corrected chi connectivity index (χ4v) is 6.15. The highest BCUT2D eigenvalue weighted by molar-refractivity contribution is 5.89. The molecule has 39 heavy (non-hydrogen) atoms. The lowest BCUT2D eigenvalue weighted by Crippen LogP contribution is -2.17. The van der Waals surface area contributed by atoms with Gasteiger partial charge < -0.3 is 0 Å². The second-order valence-corrected chi connectivity index (χ2v) is 11.0. The summed E-state index contributed by atoms with van der Waals surface area (Å²) in [4.78, 5) is 10.1. The van der Waals surface area contributed by atoms with E-state index in [1.54, 1.807) is 5.57 Å². The van der Waals surface area contributed by atoms with E-state index in [2.05, 4.69) is 123 Å². The highest BCUT2D eigenvalue weighted by atomic mass is 14.9. The Balaban J connectivity index is 1.33. The van der Waals surface area contributed by atoms with E-state index >= 15 is 0 Å². The molecule has 0 saturated heterocycles. The Kier molecular flexibility index (Phi) is 5.63. The highest BCUT2D eigenvalue weighted by Gasteiger charge is 2.37. The Morgan fingerprint density at radius 2 is 1.21 bits per heavy atom. The first-order valence-corrected chi connectivity index (χ1v) is 13.7. The summed E-state index contributed by atoms with van der Waals surface area (Å²) in [5, 5.41) is 0. The molecule has 0 unspecified atom stereocenters. The van der Waals surface area contributed by atoms with Gasteiger partial charge in [0.15, 0.2) is 5.82 Å². The number of benzene rings is 4. The predicted molar refractivity (Wildman–Crippen MR) is 162 cm³/mol. The topological polar surface area (TPSA) is 25.8 Å². The average molecular weight is 503 g/mol. The van der Waals surface area contributed by atoms with Crippen LogP contribution in [0.2, 0.25) is 0 Å². The van der Waals surface area contributed by atoms with Crippen LogP contribution in [0.3, 0.4) is 0 Å². The largest absolute Gasteiger partial charge is 0.228 e. The van der Waals surface area contributed by atoms with Crippen LogP contribution in [0.5, 0.6) is 0 Å². The van der Waals surface area contributed by atoms with E-state index in [4.69, 9.17) is 9.97 Å². The van der Waals surface area contributed by atoms with E-state index in [1.165, 1.54) is 27.8 Å². The van der Waals surface area contributed by atoms with Crippen LogP contribution in [-0.4, -0.2) is 9.97 Å². The molecular formula is C37H30N2. The molecular weight excluding hydrogens is 472 g/mol. The van der Waals surface area contributed by atoms with E-state index in [0.29, 0.717) is 0 Å². The van der Waals surface area contributed by atoms with Crippen LogP contribution < -0.4 is 0 Å². The molecule has 0 atom stereocenters. The van der Waals surface area contributed by atoms with Gasteiger partial charge in [0.05, 0.1) is 11.4 Å². The van der Waals surface area contributed by atoms with Crippen molar-refractivity contribution in [3.63, 3.8) is 0 Å². The molecule has 5 aromatic rings. The van der Waals surface area contributed by atoms with Crippen molar-refractivity contribution >= 4 is 5.57 Å². The van der Waals surface area contributed by atoms with Gasteiger partial charge >= 0.3 is 0 Å². The third-order valence-electron chi connectivity index (χ3n) is 8.23. The molecule has 2 heteroatoms. The first-order valence-electron chi connectivity index (χ1n) is 13.7. The SMILES string of the molecule is CC1(C)C2=C(C=CCC2)c2cc(-c3cccc(-c4nc(-c5ccccc5)cc(-c5ccccc5)n4)c3)ccc21. The number of aromatic nitrogens is 2. The van der Waals surface area contributed by atoms with Gasteiger partial charge in [-0.1, -0.05) is 123 Å². The van der Waals surface area contributed by atoms with Gasteiger partial charge in [0.25, 0.3) is 0 Å². The molecule has 0 saturated carbocycles. The fourth-order valence-electron chi connectivity index (χ4n) is 6.15. The Morgan fingerprint density at radius 3 is 1.90 bits per heavy atom. The molecule has 188 valence electrons. The number of nitrogens with zero attached hydrogens (tertiary/aromatic N) is 2. The Morgan fingerprint density at radius 1 is 0.590 bits per heavy atom. The first-order chi connectivity index (χ1) is 19.1. The molecule has 0 spiro atoms. The van der Waals surface area contributed by atoms with Gasteiger partial charge in [0.1, 0.15) is 0 Å². The lowest BCUT2D eigenvalue weighted by Gasteiger charge is -2.25. The minimum absolute atomic E-state index is 0.0926. The Bertz CT molecular complexity index is 1700. The van der Waals surface area contributed by atoms with Gasteiger partial charge in [-0.25, -0.2) is 9.97 Å². The van der Waals surface area contributed by atoms with Crippen LogP contribution in [-0.2, 0) is 5.41 Å². The van der Waals surface area contributed by atoms with Crippen molar-refractivity contribution in [1.82, 2.24) is 9.97 Å². The molecule has 0 amide bonds. The predicted octanol–water partition coefficient (Wildman–Crippen LogP) is 9.54. The third kappa shape index (κ3) is 4.13. The zero-order chi connectivity index (χ0) is 26.4. The third-order valence-corrected chi connectivity index (χ3v) is 8.23. The molecule has 4 aromatic carbocycles. The molecule has 0 bridgehead atoms. The van der Waals surface area contributed by atoms with Gasteiger partial charge in [0, 0.05) is 22.1 Å². The molecule has 2 aliphatic carbocycles. The van der Waals surface area contributed by atoms with Gasteiger partial charge in [-0.2, -0.15) is 0 Å². The molecule has 0 aliphatic heterocycles. The summed E-state index contributed by atoms with van der Waals surface area (Å²) in [7, 11) is 0. The van der Waals surface area contributed by atoms with Gasteiger partial charge in [-0.15, -0.1) is 0 Å². The lowest BCUT2D eigenvalue weighted by atomic mass is 9.78. The normalized spacial score (nSPS) is 15.2. The summed E-state index contributed by atoms with van der Waals surface area (Å²) in [6, 6.07) is 38.4. The quantitative estimate of drug-likeness (QED) is 0.244. The number of fused-ring (bicyclic) bond motifs is 2. The standard InChI is InChI=1S/C37H30N2/c1-37(2)32-19-10-9-18-30(32)31-23-28(20-21-33(31)37)27-16-11-17-29(22-27)36-38-34(25-12-5-3-6-13-25)24-35(39-36)26-14-7-4-8-15-26/h3-9,11-18,20-24H,10,19H2,1-2H3. The smallest absolute Gasteiger partial charge is 0.160 e. The lowest BCUT2D eigenvalue weighted by molar-refractivity contribution is 0.607. The second-order valence-electron chi connectivity index (χ2n) is 11.0. The zero-order valence-corrected chi connectivity index (χ0v) is 22.4. The maximum Gasteiger partial charge on any atom is 0.160 e. The van der Waals surface area contributed by atoms with Crippen molar-refractivity contribution < 1.29 is 0 Å². The molecule has 0 radical (unpaired) electrons.